The molecule has 92 valence electrons. The van der Waals surface area contributed by atoms with Crippen LogP contribution in [0.5, 0.6) is 5.75 Å². The van der Waals surface area contributed by atoms with Crippen molar-refractivity contribution in [2.45, 2.75) is 12.3 Å². The van der Waals surface area contributed by atoms with Gasteiger partial charge in [-0.15, -0.1) is 0 Å². The van der Waals surface area contributed by atoms with E-state index in [0.29, 0.717) is 5.92 Å². The van der Waals surface area contributed by atoms with Gasteiger partial charge in [-0.25, -0.2) is 0 Å². The van der Waals surface area contributed by atoms with E-state index in [1.807, 2.05) is 18.5 Å². The van der Waals surface area contributed by atoms with Crippen LogP contribution in [0.15, 0.2) is 42.7 Å². The Hall–Kier alpha value is -2.03. The van der Waals surface area contributed by atoms with Crippen molar-refractivity contribution in [1.82, 2.24) is 4.98 Å². The van der Waals surface area contributed by atoms with Crippen molar-refractivity contribution in [2.24, 2.45) is 0 Å². The quantitative estimate of drug-likeness (QED) is 0.876. The number of ether oxygens (including phenoxy) is 1. The number of benzene rings is 1. The number of pyridine rings is 1. The Kier molecular flexibility index (Phi) is 2.89. The summed E-state index contributed by atoms with van der Waals surface area (Å²) in [5.74, 6) is 1.35. The zero-order chi connectivity index (χ0) is 12.4. The Balaban J connectivity index is 2.07. The number of hydrogen-bond acceptors (Lipinski definition) is 3. The summed E-state index contributed by atoms with van der Waals surface area (Å²) < 4.78 is 5.42. The van der Waals surface area contributed by atoms with Gasteiger partial charge in [-0.3, -0.25) is 4.98 Å². The molecule has 0 saturated heterocycles. The summed E-state index contributed by atoms with van der Waals surface area (Å²) in [6.45, 7) is 0.973. The van der Waals surface area contributed by atoms with Crippen LogP contribution in [-0.2, 0) is 0 Å². The third kappa shape index (κ3) is 1.82. The van der Waals surface area contributed by atoms with Crippen molar-refractivity contribution in [1.29, 1.82) is 0 Å². The van der Waals surface area contributed by atoms with Gasteiger partial charge in [0.1, 0.15) is 5.75 Å². The molecule has 0 spiro atoms. The summed E-state index contributed by atoms with van der Waals surface area (Å²) in [7, 11) is 1.72. The second-order valence-corrected chi connectivity index (χ2v) is 4.47. The first-order valence-electron chi connectivity index (χ1n) is 6.21. The maximum atomic E-state index is 5.42. The first-order valence-corrected chi connectivity index (χ1v) is 6.21. The van der Waals surface area contributed by atoms with E-state index in [1.165, 1.54) is 11.1 Å². The van der Waals surface area contributed by atoms with E-state index in [0.717, 1.165) is 24.4 Å². The number of aromatic nitrogens is 1. The zero-order valence-electron chi connectivity index (χ0n) is 10.4. The summed E-state index contributed by atoms with van der Waals surface area (Å²) in [6.07, 6.45) is 4.82. The van der Waals surface area contributed by atoms with Crippen LogP contribution in [0.3, 0.4) is 0 Å². The van der Waals surface area contributed by atoms with Crippen molar-refractivity contribution in [3.63, 3.8) is 0 Å². The van der Waals surface area contributed by atoms with E-state index < -0.39 is 0 Å². The second-order valence-electron chi connectivity index (χ2n) is 4.47. The molecule has 1 unspecified atom stereocenters. The molecule has 1 N–H and O–H groups in total. The molecule has 0 saturated carbocycles. The molecule has 18 heavy (non-hydrogen) atoms. The van der Waals surface area contributed by atoms with Crippen LogP contribution in [0.25, 0.3) is 0 Å². The maximum absolute atomic E-state index is 5.42. The lowest BCUT2D eigenvalue weighted by atomic mass is 9.85. The molecule has 2 aromatic rings. The van der Waals surface area contributed by atoms with Crippen LogP contribution in [-0.4, -0.2) is 18.6 Å². The highest BCUT2D eigenvalue weighted by Gasteiger charge is 2.23. The van der Waals surface area contributed by atoms with Crippen LogP contribution in [0.2, 0.25) is 0 Å². The lowest BCUT2D eigenvalue weighted by Gasteiger charge is -2.28. The molecule has 1 aromatic heterocycles. The van der Waals surface area contributed by atoms with Crippen LogP contribution >= 0.6 is 0 Å². The molecule has 0 amide bonds. The summed E-state index contributed by atoms with van der Waals surface area (Å²) >= 11 is 0. The van der Waals surface area contributed by atoms with E-state index in [9.17, 15) is 0 Å². The van der Waals surface area contributed by atoms with Gasteiger partial charge in [0.2, 0.25) is 0 Å². The number of fused-ring (bicyclic) bond motifs is 1. The molecule has 3 heteroatoms. The summed E-state index contributed by atoms with van der Waals surface area (Å²) in [6, 6.07) is 10.4. The van der Waals surface area contributed by atoms with Crippen molar-refractivity contribution in [2.75, 3.05) is 19.0 Å². The van der Waals surface area contributed by atoms with Crippen molar-refractivity contribution in [3.8, 4) is 5.75 Å². The Morgan fingerprint density at radius 2 is 2.06 bits per heavy atom. The summed E-state index contributed by atoms with van der Waals surface area (Å²) in [4.78, 5) is 4.09. The van der Waals surface area contributed by atoms with Gasteiger partial charge in [0.15, 0.2) is 0 Å². The van der Waals surface area contributed by atoms with Crippen LogP contribution in [0.4, 0.5) is 5.69 Å². The SMILES string of the molecule is COc1cccc2c1NCCC2c1ccncc1. The molecule has 1 aromatic carbocycles. The van der Waals surface area contributed by atoms with Crippen molar-refractivity contribution >= 4 is 5.69 Å². The van der Waals surface area contributed by atoms with Crippen LogP contribution in [0.1, 0.15) is 23.5 Å². The average molecular weight is 240 g/mol. The molecular weight excluding hydrogens is 224 g/mol. The number of rotatable bonds is 2. The predicted molar refractivity (Wildman–Crippen MR) is 72.2 cm³/mol. The number of nitrogens with zero attached hydrogens (tertiary/aromatic N) is 1. The van der Waals surface area contributed by atoms with E-state index in [-0.39, 0.29) is 0 Å². The fraction of sp³-hybridized carbons (Fsp3) is 0.267. The molecular formula is C15H16N2O. The minimum atomic E-state index is 0.430. The van der Waals surface area contributed by atoms with Gasteiger partial charge in [0.05, 0.1) is 12.8 Å². The Morgan fingerprint density at radius 1 is 1.22 bits per heavy atom. The van der Waals surface area contributed by atoms with E-state index in [4.69, 9.17) is 4.74 Å². The van der Waals surface area contributed by atoms with E-state index in [1.54, 1.807) is 7.11 Å². The van der Waals surface area contributed by atoms with Gasteiger partial charge in [0, 0.05) is 24.9 Å². The molecule has 1 atom stereocenters. The highest BCUT2D eigenvalue weighted by Crippen LogP contribution is 2.40. The fourth-order valence-electron chi connectivity index (χ4n) is 2.64. The molecule has 0 bridgehead atoms. The highest BCUT2D eigenvalue weighted by molar-refractivity contribution is 5.66. The summed E-state index contributed by atoms with van der Waals surface area (Å²) in [5.41, 5.74) is 3.76. The van der Waals surface area contributed by atoms with Gasteiger partial charge in [-0.2, -0.15) is 0 Å². The zero-order valence-corrected chi connectivity index (χ0v) is 10.4. The molecule has 1 aliphatic heterocycles. The van der Waals surface area contributed by atoms with Crippen molar-refractivity contribution < 1.29 is 4.74 Å². The molecule has 2 heterocycles. The van der Waals surface area contributed by atoms with E-state index >= 15 is 0 Å². The number of methoxy groups -OCH3 is 1. The van der Waals surface area contributed by atoms with Gasteiger partial charge in [-0.1, -0.05) is 12.1 Å². The first kappa shape index (κ1) is 11.1. The molecule has 0 radical (unpaired) electrons. The Labute approximate surface area is 107 Å². The monoisotopic (exact) mass is 240 g/mol. The van der Waals surface area contributed by atoms with Gasteiger partial charge < -0.3 is 10.1 Å². The number of para-hydroxylation sites is 1. The Morgan fingerprint density at radius 3 is 2.83 bits per heavy atom. The van der Waals surface area contributed by atoms with E-state index in [2.05, 4.69) is 34.6 Å². The lowest BCUT2D eigenvalue weighted by molar-refractivity contribution is 0.415. The van der Waals surface area contributed by atoms with Gasteiger partial charge >= 0.3 is 0 Å². The molecule has 0 aliphatic carbocycles. The second kappa shape index (κ2) is 4.69. The minimum absolute atomic E-state index is 0.430. The molecule has 3 rings (SSSR count). The van der Waals surface area contributed by atoms with Crippen LogP contribution in [0, 0.1) is 0 Å². The van der Waals surface area contributed by atoms with Crippen molar-refractivity contribution in [3.05, 3.63) is 53.9 Å². The number of anilines is 1. The molecule has 3 nitrogen and oxygen atoms in total. The van der Waals surface area contributed by atoms with Crippen LogP contribution < -0.4 is 10.1 Å². The number of nitrogens with one attached hydrogen (secondary N) is 1. The first-order chi connectivity index (χ1) is 8.90. The molecule has 0 fully saturated rings. The lowest BCUT2D eigenvalue weighted by Crippen LogP contribution is -2.18. The maximum Gasteiger partial charge on any atom is 0.142 e. The molecule has 1 aliphatic rings. The summed E-state index contributed by atoms with van der Waals surface area (Å²) in [5, 5.41) is 3.44. The normalized spacial score (nSPS) is 17.7. The van der Waals surface area contributed by atoms with Gasteiger partial charge in [0.25, 0.3) is 0 Å². The fourth-order valence-corrected chi connectivity index (χ4v) is 2.64. The predicted octanol–water partition coefficient (Wildman–Crippen LogP) is 3.04. The smallest absolute Gasteiger partial charge is 0.142 e. The third-order valence-electron chi connectivity index (χ3n) is 3.50. The Bertz CT molecular complexity index is 539. The topological polar surface area (TPSA) is 34.1 Å². The number of hydrogen-bond donors (Lipinski definition) is 1. The van der Waals surface area contributed by atoms with Gasteiger partial charge in [-0.05, 0) is 35.7 Å². The highest BCUT2D eigenvalue weighted by atomic mass is 16.5. The third-order valence-corrected chi connectivity index (χ3v) is 3.50. The largest absolute Gasteiger partial charge is 0.495 e. The minimum Gasteiger partial charge on any atom is -0.495 e. The average Bonchev–Trinajstić information content (AvgIpc) is 2.47. The standard InChI is InChI=1S/C15H16N2O/c1-18-14-4-2-3-13-12(7-10-17-15(13)14)11-5-8-16-9-6-11/h2-6,8-9,12,17H,7,10H2,1H3.